The molecule has 278 valence electrons. The molecule has 3 amide bonds. The molecule has 1 saturated carbocycles. The van der Waals surface area contributed by atoms with Crippen molar-refractivity contribution in [1.29, 1.82) is 0 Å². The summed E-state index contributed by atoms with van der Waals surface area (Å²) in [4.78, 5) is 55.7. The van der Waals surface area contributed by atoms with Crippen LogP contribution in [-0.2, 0) is 29.2 Å². The molecule has 13 nitrogen and oxygen atoms in total. The first kappa shape index (κ1) is 40.8. The number of piperidine rings is 1. The number of nitrogens with zero attached hydrogens (tertiary/aromatic N) is 2. The Kier molecular flexibility index (Phi) is 13.4. The van der Waals surface area contributed by atoms with Crippen molar-refractivity contribution in [3.8, 4) is 0 Å². The minimum absolute atomic E-state index is 0.0994. The number of aliphatic hydroxyl groups excluding tert-OH is 1. The number of allylic oxidation sites excluding steroid dienone is 1. The Labute approximate surface area is 293 Å². The lowest BCUT2D eigenvalue weighted by Crippen LogP contribution is -2.64. The second-order valence-electron chi connectivity index (χ2n) is 16.2. The number of hydrogen-bond donors (Lipinski definition) is 5. The van der Waals surface area contributed by atoms with E-state index in [0.717, 1.165) is 0 Å². The van der Waals surface area contributed by atoms with Crippen LogP contribution in [0.1, 0.15) is 75.2 Å². The highest BCUT2D eigenvalue weighted by molar-refractivity contribution is 7.89. The van der Waals surface area contributed by atoms with E-state index < -0.39 is 69.0 Å². The van der Waals surface area contributed by atoms with Crippen LogP contribution in [0.3, 0.4) is 0 Å². The quantitative estimate of drug-likeness (QED) is 0.0900. The highest BCUT2D eigenvalue weighted by atomic mass is 32.2. The van der Waals surface area contributed by atoms with Crippen molar-refractivity contribution in [3.05, 3.63) is 24.8 Å². The van der Waals surface area contributed by atoms with Crippen LogP contribution in [0.4, 0.5) is 0 Å². The van der Waals surface area contributed by atoms with Gasteiger partial charge in [-0.15, -0.1) is 6.58 Å². The average molecular weight is 709 g/mol. The van der Waals surface area contributed by atoms with Crippen LogP contribution in [0.5, 0.6) is 0 Å². The predicted molar refractivity (Wildman–Crippen MR) is 189 cm³/mol. The number of carbonyl (C=O) groups excluding carboxylic acids is 4. The third-order valence-electron chi connectivity index (χ3n) is 10.0. The Bertz CT molecular complexity index is 1370. The zero-order valence-corrected chi connectivity index (χ0v) is 31.6. The summed E-state index contributed by atoms with van der Waals surface area (Å²) in [6.45, 7) is 22.0. The van der Waals surface area contributed by atoms with Gasteiger partial charge in [-0.05, 0) is 54.3 Å². The van der Waals surface area contributed by atoms with Crippen LogP contribution >= 0.6 is 0 Å². The third kappa shape index (κ3) is 9.99. The van der Waals surface area contributed by atoms with Crippen molar-refractivity contribution in [2.24, 2.45) is 34.5 Å². The molecule has 2 saturated heterocycles. The molecule has 8 atom stereocenters. The monoisotopic (exact) mass is 708 g/mol. The summed E-state index contributed by atoms with van der Waals surface area (Å²) in [7, 11) is -3.36. The molecule has 0 aromatic rings. The van der Waals surface area contributed by atoms with Gasteiger partial charge in [-0.3, -0.25) is 29.8 Å². The molecule has 1 aliphatic carbocycles. The van der Waals surface area contributed by atoms with E-state index >= 15 is 0 Å². The number of aliphatic hydroxyl groups is 1. The lowest BCUT2D eigenvalue weighted by Gasteiger charge is -2.40. The number of likely N-dealkylation sites (tertiary alicyclic amines) is 1. The number of Topliss-reactive ketones (excluding diaryl/α,β-unsaturated/α-hetero) is 1. The highest BCUT2D eigenvalue weighted by Crippen LogP contribution is 2.59. The maximum absolute atomic E-state index is 14.5. The Morgan fingerprint density at radius 3 is 2.20 bits per heavy atom. The van der Waals surface area contributed by atoms with Crippen LogP contribution in [0.2, 0.25) is 0 Å². The van der Waals surface area contributed by atoms with Crippen LogP contribution in [0, 0.1) is 34.5 Å². The molecular weight excluding hydrogens is 648 g/mol. The van der Waals surface area contributed by atoms with Crippen molar-refractivity contribution >= 4 is 33.5 Å². The Morgan fingerprint density at radius 1 is 1.04 bits per heavy atom. The molecule has 2 aliphatic heterocycles. The van der Waals surface area contributed by atoms with Crippen molar-refractivity contribution in [1.82, 2.24) is 30.5 Å². The molecule has 49 heavy (non-hydrogen) atoms. The molecule has 0 bridgehead atoms. The van der Waals surface area contributed by atoms with Gasteiger partial charge in [0.2, 0.25) is 27.6 Å². The van der Waals surface area contributed by atoms with E-state index in [4.69, 9.17) is 0 Å². The Hall–Kier alpha value is -2.65. The first-order valence-corrected chi connectivity index (χ1v) is 19.1. The SMILES string of the molecule is C=CCNC(=O)C(=O)C(C/C=C\C)NC(=O)[C@@H]1[C@H]2C(C(C)C)[C@H]2CN1C(=O)[C@@H](NC(O)N[C@H](CN1CCCS1(=O)=O)C(C)(C)C)C(C)(C)C. The second kappa shape index (κ2) is 16.1. The van der Waals surface area contributed by atoms with Crippen molar-refractivity contribution in [2.45, 2.75) is 106 Å². The van der Waals surface area contributed by atoms with Gasteiger partial charge in [0.15, 0.2) is 6.35 Å². The fourth-order valence-electron chi connectivity index (χ4n) is 7.25. The minimum Gasteiger partial charge on any atom is -0.365 e. The summed E-state index contributed by atoms with van der Waals surface area (Å²) in [5.41, 5.74) is -1.13. The lowest BCUT2D eigenvalue weighted by molar-refractivity contribution is -0.146. The van der Waals surface area contributed by atoms with E-state index in [2.05, 4.69) is 41.7 Å². The third-order valence-corrected chi connectivity index (χ3v) is 11.9. The molecule has 5 N–H and O–H groups in total. The molecule has 3 fully saturated rings. The summed E-state index contributed by atoms with van der Waals surface area (Å²) < 4.78 is 26.6. The standard InChI is InChI=1S/C35H60N6O7S/c1-11-13-15-23(28(42)31(44)36-16-12-2)37-30(43)27-26-22(25(26)21(3)4)19-41(27)32(45)29(35(8,9)10)39-33(46)38-24(34(5,6)7)20-40-17-14-18-49(40,47)48/h11-13,21-27,29,33,38-39,46H,2,14-20H2,1,3-10H3,(H,36,44)(H,37,43)/b13-11-/t22-,23?,24-,25?,26-,27+,29-,33?/m1/s1. The first-order valence-electron chi connectivity index (χ1n) is 17.5. The van der Waals surface area contributed by atoms with Gasteiger partial charge in [0.1, 0.15) is 12.1 Å². The summed E-state index contributed by atoms with van der Waals surface area (Å²) in [6.07, 6.45) is 4.20. The molecule has 14 heteroatoms. The van der Waals surface area contributed by atoms with Gasteiger partial charge in [-0.25, -0.2) is 12.7 Å². The molecule has 0 spiro atoms. The molecule has 3 unspecified atom stereocenters. The van der Waals surface area contributed by atoms with Crippen LogP contribution in [0.15, 0.2) is 24.8 Å². The number of rotatable bonds is 16. The van der Waals surface area contributed by atoms with E-state index in [0.29, 0.717) is 19.5 Å². The van der Waals surface area contributed by atoms with Gasteiger partial charge in [-0.2, -0.15) is 0 Å². The number of carbonyl (C=O) groups is 4. The summed E-state index contributed by atoms with van der Waals surface area (Å²) >= 11 is 0. The number of sulfonamides is 1. The van der Waals surface area contributed by atoms with Crippen LogP contribution in [0.25, 0.3) is 0 Å². The molecule has 2 heterocycles. The summed E-state index contributed by atoms with van der Waals surface area (Å²) in [5.74, 6) is -1.85. The van der Waals surface area contributed by atoms with Gasteiger partial charge >= 0.3 is 0 Å². The van der Waals surface area contributed by atoms with Gasteiger partial charge in [0, 0.05) is 32.2 Å². The summed E-state index contributed by atoms with van der Waals surface area (Å²) in [6, 6.07) is -3.35. The largest absolute Gasteiger partial charge is 0.365 e. The van der Waals surface area contributed by atoms with Gasteiger partial charge in [-0.1, -0.05) is 73.6 Å². The Morgan fingerprint density at radius 2 is 1.69 bits per heavy atom. The topological polar surface area (TPSA) is 177 Å². The first-order chi connectivity index (χ1) is 22.6. The zero-order chi connectivity index (χ0) is 37.1. The number of amides is 3. The van der Waals surface area contributed by atoms with Crippen LogP contribution in [-0.4, -0.2) is 109 Å². The van der Waals surface area contributed by atoms with Crippen molar-refractivity contribution < 1.29 is 32.7 Å². The Balaban J connectivity index is 1.85. The zero-order valence-electron chi connectivity index (χ0n) is 30.8. The smallest absolute Gasteiger partial charge is 0.289 e. The van der Waals surface area contributed by atoms with E-state index in [-0.39, 0.29) is 54.8 Å². The fourth-order valence-corrected chi connectivity index (χ4v) is 8.78. The van der Waals surface area contributed by atoms with Gasteiger partial charge < -0.3 is 20.6 Å². The van der Waals surface area contributed by atoms with E-state index in [1.165, 1.54) is 10.4 Å². The lowest BCUT2D eigenvalue weighted by atomic mass is 9.85. The molecule has 0 aromatic heterocycles. The summed E-state index contributed by atoms with van der Waals surface area (Å²) in [5, 5.41) is 22.8. The fraction of sp³-hybridized carbons (Fsp3) is 0.771. The molecular formula is C35H60N6O7S. The minimum atomic E-state index is -3.36. The molecule has 3 rings (SSSR count). The second-order valence-corrected chi connectivity index (χ2v) is 18.3. The average Bonchev–Trinajstić information content (AvgIpc) is 3.40. The van der Waals surface area contributed by atoms with Crippen molar-refractivity contribution in [2.75, 3.05) is 31.9 Å². The van der Waals surface area contributed by atoms with Crippen LogP contribution < -0.4 is 21.3 Å². The van der Waals surface area contributed by atoms with E-state index in [9.17, 15) is 32.7 Å². The van der Waals surface area contributed by atoms with E-state index in [1.807, 2.05) is 41.5 Å². The van der Waals surface area contributed by atoms with Gasteiger partial charge in [0.05, 0.1) is 11.8 Å². The van der Waals surface area contributed by atoms with E-state index in [1.54, 1.807) is 24.0 Å². The normalized spacial score (nSPS) is 26.2. The maximum atomic E-state index is 14.5. The molecule has 0 radical (unpaired) electrons. The molecule has 0 aromatic carbocycles. The predicted octanol–water partition coefficient (Wildman–Crippen LogP) is 1.36. The number of fused-ring (bicyclic) bond motifs is 1. The highest BCUT2D eigenvalue weighted by Gasteiger charge is 2.65. The number of ketones is 1. The number of hydrogen-bond acceptors (Lipinski definition) is 9. The van der Waals surface area contributed by atoms with Gasteiger partial charge in [0.25, 0.3) is 5.91 Å². The van der Waals surface area contributed by atoms with Crippen molar-refractivity contribution in [3.63, 3.8) is 0 Å². The maximum Gasteiger partial charge on any atom is 0.289 e. The molecule has 3 aliphatic rings. The number of nitrogens with one attached hydrogen (secondary N) is 4.